The van der Waals surface area contributed by atoms with E-state index < -0.39 is 0 Å². The number of rotatable bonds is 2. The van der Waals surface area contributed by atoms with E-state index in [0.29, 0.717) is 0 Å². The van der Waals surface area contributed by atoms with E-state index >= 15 is 0 Å². The van der Waals surface area contributed by atoms with Crippen LogP contribution in [0.4, 0.5) is 0 Å². The summed E-state index contributed by atoms with van der Waals surface area (Å²) in [6.45, 7) is 4.23. The molecule has 2 aromatic heterocycles. The Kier molecular flexibility index (Phi) is 2.97. The van der Waals surface area contributed by atoms with Crippen LogP contribution in [0.1, 0.15) is 18.1 Å². The van der Waals surface area contributed by atoms with Gasteiger partial charge >= 0.3 is 0 Å². The Hall–Kier alpha value is -2.61. The number of para-hydroxylation sites is 1. The van der Waals surface area contributed by atoms with Gasteiger partial charge in [-0.25, -0.2) is 0 Å². The van der Waals surface area contributed by atoms with Crippen molar-refractivity contribution in [1.82, 2.24) is 4.98 Å². The highest BCUT2D eigenvalue weighted by Crippen LogP contribution is 2.37. The molecule has 0 aliphatic rings. The zero-order valence-corrected chi connectivity index (χ0v) is 12.8. The zero-order chi connectivity index (χ0) is 15.1. The van der Waals surface area contributed by atoms with Crippen molar-refractivity contribution in [3.63, 3.8) is 0 Å². The van der Waals surface area contributed by atoms with Gasteiger partial charge in [-0.05, 0) is 42.7 Å². The summed E-state index contributed by atoms with van der Waals surface area (Å²) in [5.74, 6) is 0. The lowest BCUT2D eigenvalue weighted by molar-refractivity contribution is 0.669. The van der Waals surface area contributed by atoms with Crippen LogP contribution in [0.3, 0.4) is 0 Å². The third kappa shape index (κ3) is 1.92. The molecule has 0 atom stereocenters. The molecule has 0 aliphatic carbocycles. The number of hydrogen-bond acceptors (Lipinski definition) is 2. The average molecular weight is 287 g/mol. The quantitative estimate of drug-likeness (QED) is 0.485. The van der Waals surface area contributed by atoms with Gasteiger partial charge in [0.1, 0.15) is 11.2 Å². The number of benzene rings is 2. The van der Waals surface area contributed by atoms with E-state index in [2.05, 4.69) is 48.3 Å². The van der Waals surface area contributed by atoms with Gasteiger partial charge in [-0.2, -0.15) is 0 Å². The van der Waals surface area contributed by atoms with Crippen LogP contribution < -0.4 is 0 Å². The van der Waals surface area contributed by atoms with E-state index in [1.165, 1.54) is 16.3 Å². The highest BCUT2D eigenvalue weighted by Gasteiger charge is 2.15. The summed E-state index contributed by atoms with van der Waals surface area (Å²) in [5, 5.41) is 2.40. The fourth-order valence-electron chi connectivity index (χ4n) is 3.02. The predicted molar refractivity (Wildman–Crippen MR) is 91.1 cm³/mol. The first-order valence-electron chi connectivity index (χ1n) is 7.64. The Morgan fingerprint density at radius 2 is 1.86 bits per heavy atom. The SMILES string of the molecule is CCc1ccc(-c2ccc(C)cn2)c2oc3ccccc3c12. The Bertz CT molecular complexity index is 964. The minimum Gasteiger partial charge on any atom is -0.455 e. The first kappa shape index (κ1) is 13.1. The van der Waals surface area contributed by atoms with E-state index in [1.807, 2.05) is 25.3 Å². The van der Waals surface area contributed by atoms with E-state index in [9.17, 15) is 0 Å². The summed E-state index contributed by atoms with van der Waals surface area (Å²) in [6, 6.07) is 16.7. The Labute approximate surface area is 129 Å². The highest BCUT2D eigenvalue weighted by atomic mass is 16.3. The fourth-order valence-corrected chi connectivity index (χ4v) is 3.02. The second-order valence-electron chi connectivity index (χ2n) is 5.65. The van der Waals surface area contributed by atoms with E-state index in [4.69, 9.17) is 4.42 Å². The Morgan fingerprint density at radius 3 is 2.64 bits per heavy atom. The third-order valence-corrected chi connectivity index (χ3v) is 4.18. The second kappa shape index (κ2) is 4.99. The predicted octanol–water partition coefficient (Wildman–Crippen LogP) is 5.52. The van der Waals surface area contributed by atoms with Crippen molar-refractivity contribution in [2.75, 3.05) is 0 Å². The number of aromatic nitrogens is 1. The summed E-state index contributed by atoms with van der Waals surface area (Å²) in [5.41, 5.74) is 6.37. The maximum atomic E-state index is 6.17. The van der Waals surface area contributed by atoms with Gasteiger partial charge in [0.05, 0.1) is 5.69 Å². The molecule has 2 heterocycles. The second-order valence-corrected chi connectivity index (χ2v) is 5.65. The molecule has 22 heavy (non-hydrogen) atoms. The lowest BCUT2D eigenvalue weighted by atomic mass is 9.99. The van der Waals surface area contributed by atoms with Gasteiger partial charge in [-0.1, -0.05) is 37.3 Å². The van der Waals surface area contributed by atoms with E-state index in [0.717, 1.165) is 34.4 Å². The highest BCUT2D eigenvalue weighted by molar-refractivity contribution is 6.11. The van der Waals surface area contributed by atoms with E-state index in [1.54, 1.807) is 0 Å². The Balaban J connectivity index is 2.10. The van der Waals surface area contributed by atoms with E-state index in [-0.39, 0.29) is 0 Å². The molecule has 0 bridgehead atoms. The van der Waals surface area contributed by atoms with Crippen LogP contribution in [0.15, 0.2) is 59.1 Å². The summed E-state index contributed by atoms with van der Waals surface area (Å²) >= 11 is 0. The van der Waals surface area contributed by atoms with Crippen LogP contribution in [-0.4, -0.2) is 4.98 Å². The minimum atomic E-state index is 0.937. The standard InChI is InChI=1S/C20H17NO/c1-3-14-9-10-15(17-11-8-13(2)12-21-17)20-19(14)16-6-4-5-7-18(16)22-20/h4-12H,3H2,1-2H3. The molecule has 0 fully saturated rings. The molecule has 0 radical (unpaired) electrons. The molecule has 2 nitrogen and oxygen atoms in total. The molecule has 0 aliphatic heterocycles. The number of fused-ring (bicyclic) bond motifs is 3. The van der Waals surface area contributed by atoms with Gasteiger partial charge in [0.15, 0.2) is 0 Å². The van der Waals surface area contributed by atoms with Crippen molar-refractivity contribution in [3.8, 4) is 11.3 Å². The van der Waals surface area contributed by atoms with Gasteiger partial charge in [0, 0.05) is 22.5 Å². The molecule has 0 unspecified atom stereocenters. The summed E-state index contributed by atoms with van der Waals surface area (Å²) in [6.07, 6.45) is 2.89. The first-order chi connectivity index (χ1) is 10.8. The zero-order valence-electron chi connectivity index (χ0n) is 12.8. The van der Waals surface area contributed by atoms with Crippen LogP contribution in [0.2, 0.25) is 0 Å². The van der Waals surface area contributed by atoms with Crippen molar-refractivity contribution in [2.24, 2.45) is 0 Å². The fraction of sp³-hybridized carbons (Fsp3) is 0.150. The molecule has 0 spiro atoms. The smallest absolute Gasteiger partial charge is 0.145 e. The third-order valence-electron chi connectivity index (χ3n) is 4.18. The van der Waals surface area contributed by atoms with Gasteiger partial charge in [-0.3, -0.25) is 4.98 Å². The van der Waals surface area contributed by atoms with Gasteiger partial charge in [0.2, 0.25) is 0 Å². The molecule has 0 amide bonds. The lowest BCUT2D eigenvalue weighted by Crippen LogP contribution is -1.88. The molecule has 0 saturated carbocycles. The molecule has 2 heteroatoms. The van der Waals surface area contributed by atoms with Gasteiger partial charge < -0.3 is 4.42 Å². The molecule has 2 aromatic carbocycles. The van der Waals surface area contributed by atoms with Gasteiger partial charge in [0.25, 0.3) is 0 Å². The molecular formula is C20H17NO. The largest absolute Gasteiger partial charge is 0.455 e. The maximum absolute atomic E-state index is 6.17. The number of pyridine rings is 1. The number of hydrogen-bond donors (Lipinski definition) is 0. The van der Waals surface area contributed by atoms with Crippen LogP contribution >= 0.6 is 0 Å². The van der Waals surface area contributed by atoms with Crippen molar-refractivity contribution >= 4 is 21.9 Å². The normalized spacial score (nSPS) is 11.4. The number of furan rings is 1. The van der Waals surface area contributed by atoms with Gasteiger partial charge in [-0.15, -0.1) is 0 Å². The molecule has 0 saturated heterocycles. The van der Waals surface area contributed by atoms with Crippen molar-refractivity contribution in [2.45, 2.75) is 20.3 Å². The van der Waals surface area contributed by atoms with Crippen molar-refractivity contribution in [1.29, 1.82) is 0 Å². The Morgan fingerprint density at radius 1 is 1.00 bits per heavy atom. The average Bonchev–Trinajstić information content (AvgIpc) is 2.94. The monoisotopic (exact) mass is 287 g/mol. The summed E-state index contributed by atoms with van der Waals surface area (Å²) in [4.78, 5) is 4.56. The summed E-state index contributed by atoms with van der Waals surface area (Å²) in [7, 11) is 0. The number of nitrogens with zero attached hydrogens (tertiary/aromatic N) is 1. The van der Waals surface area contributed by atoms with Crippen LogP contribution in [0.25, 0.3) is 33.2 Å². The molecule has 4 aromatic rings. The molecule has 108 valence electrons. The lowest BCUT2D eigenvalue weighted by Gasteiger charge is -2.06. The maximum Gasteiger partial charge on any atom is 0.145 e. The topological polar surface area (TPSA) is 26.0 Å². The number of aryl methyl sites for hydroxylation is 2. The van der Waals surface area contributed by atoms with Crippen molar-refractivity contribution in [3.05, 3.63) is 65.9 Å². The van der Waals surface area contributed by atoms with Crippen LogP contribution in [0, 0.1) is 6.92 Å². The van der Waals surface area contributed by atoms with Crippen molar-refractivity contribution < 1.29 is 4.42 Å². The summed E-state index contributed by atoms with van der Waals surface area (Å²) < 4.78 is 6.17. The van der Waals surface area contributed by atoms with Crippen LogP contribution in [-0.2, 0) is 6.42 Å². The minimum absolute atomic E-state index is 0.937. The van der Waals surface area contributed by atoms with Crippen LogP contribution in [0.5, 0.6) is 0 Å². The molecular weight excluding hydrogens is 270 g/mol. The molecule has 0 N–H and O–H groups in total. The first-order valence-corrected chi connectivity index (χ1v) is 7.64. The molecule has 4 rings (SSSR count).